The summed E-state index contributed by atoms with van der Waals surface area (Å²) in [5, 5.41) is 31.4. The predicted octanol–water partition coefficient (Wildman–Crippen LogP) is -1.65. The predicted molar refractivity (Wildman–Crippen MR) is 149 cm³/mol. The second-order valence-corrected chi connectivity index (χ2v) is 9.56. The molecule has 16 heteroatoms. The Kier molecular flexibility index (Phi) is 28.5. The number of carbonyl (C=O) groups is 9. The zero-order chi connectivity index (χ0) is 36.0. The van der Waals surface area contributed by atoms with Crippen LogP contribution < -0.4 is 15.3 Å². The molecule has 0 aromatic heterocycles. The van der Waals surface area contributed by atoms with Crippen LogP contribution in [0.5, 0.6) is 0 Å². The van der Waals surface area contributed by atoms with E-state index in [1.54, 1.807) is 0 Å². The minimum atomic E-state index is -1.45. The summed E-state index contributed by atoms with van der Waals surface area (Å²) in [6.07, 6.45) is -0.218. The van der Waals surface area contributed by atoms with Crippen LogP contribution in [-0.4, -0.2) is 73.0 Å². The van der Waals surface area contributed by atoms with Crippen LogP contribution in [0.1, 0.15) is 60.8 Å². The zero-order valence-electron chi connectivity index (χ0n) is 26.7. The molecule has 0 aliphatic carbocycles. The third kappa shape index (κ3) is 24.7. The maximum Gasteiger partial charge on any atom is 3.00 e. The molecule has 0 heterocycles. The van der Waals surface area contributed by atoms with Crippen LogP contribution in [0.15, 0.2) is 36.5 Å². The van der Waals surface area contributed by atoms with E-state index in [9.17, 15) is 58.5 Å². The molecule has 46 heavy (non-hydrogen) atoms. The van der Waals surface area contributed by atoms with E-state index in [0.717, 1.165) is 20.8 Å². The normalized spacial score (nSPS) is 11.3. The average molecular weight is 784 g/mol. The van der Waals surface area contributed by atoms with Gasteiger partial charge in [0.25, 0.3) is 0 Å². The number of carboxylic acids is 3. The van der Waals surface area contributed by atoms with E-state index in [-0.39, 0.29) is 96.6 Å². The molecule has 0 aromatic carbocycles. The van der Waals surface area contributed by atoms with Crippen LogP contribution in [0.2, 0.25) is 0 Å². The first-order valence-corrected chi connectivity index (χ1v) is 13.2. The van der Waals surface area contributed by atoms with Gasteiger partial charge in [-0.05, 0) is 60.8 Å². The van der Waals surface area contributed by atoms with Crippen molar-refractivity contribution in [3.05, 3.63) is 36.5 Å². The molecule has 0 saturated carbocycles. The number of carbonyl (C=O) groups excluding carboxylic acids is 9. The molecule has 3 atom stereocenters. The minimum Gasteiger partial charge on any atom is -0.549 e. The molecular formula is C30H39NdO15. The summed E-state index contributed by atoms with van der Waals surface area (Å²) in [4.78, 5) is 96.5. The fourth-order valence-corrected chi connectivity index (χ4v) is 2.64. The SMILES string of the molecule is C=C(C)C(=O)OCCC(C(C)=O)C(=O)[O-].C=C(C)C(=O)OCCC(C(C)=O)C(=O)[O-].C=C(C)C(=O)OCCC(C(C)=O)C(=O)[O-].[Nd+3]. The number of Topliss-reactive ketones (excluding diaryl/α,β-unsaturated/α-hetero) is 3. The van der Waals surface area contributed by atoms with Crippen molar-refractivity contribution in [1.82, 2.24) is 0 Å². The number of rotatable bonds is 18. The summed E-state index contributed by atoms with van der Waals surface area (Å²) in [7, 11) is 0. The smallest absolute Gasteiger partial charge is 0.549 e. The van der Waals surface area contributed by atoms with E-state index in [4.69, 9.17) is 0 Å². The van der Waals surface area contributed by atoms with Gasteiger partial charge in [-0.15, -0.1) is 0 Å². The summed E-state index contributed by atoms with van der Waals surface area (Å²) in [5.41, 5.74) is 0.675. The van der Waals surface area contributed by atoms with Gasteiger partial charge >= 0.3 is 58.7 Å². The van der Waals surface area contributed by atoms with E-state index in [1.807, 2.05) is 0 Å². The third-order valence-corrected chi connectivity index (χ3v) is 5.29. The summed E-state index contributed by atoms with van der Waals surface area (Å²) in [5.74, 6) is -11.4. The molecule has 0 spiro atoms. The van der Waals surface area contributed by atoms with Crippen molar-refractivity contribution < 1.29 is 114 Å². The maximum absolute atomic E-state index is 10.9. The maximum atomic E-state index is 10.9. The Hall–Kier alpha value is -3.60. The Bertz CT molecular complexity index is 984. The molecule has 0 saturated heterocycles. The van der Waals surface area contributed by atoms with E-state index in [1.165, 1.54) is 20.8 Å². The van der Waals surface area contributed by atoms with Crippen LogP contribution in [0.3, 0.4) is 0 Å². The Morgan fingerprint density at radius 3 is 0.739 bits per heavy atom. The van der Waals surface area contributed by atoms with Gasteiger partial charge in [0.15, 0.2) is 0 Å². The van der Waals surface area contributed by atoms with Crippen molar-refractivity contribution in [3.63, 3.8) is 0 Å². The molecule has 0 aromatic rings. The molecule has 0 amide bonds. The molecule has 0 rings (SSSR count). The molecule has 0 bridgehead atoms. The molecule has 15 nitrogen and oxygen atoms in total. The Morgan fingerprint density at radius 2 is 0.630 bits per heavy atom. The second-order valence-electron chi connectivity index (χ2n) is 9.56. The second kappa shape index (κ2) is 26.6. The van der Waals surface area contributed by atoms with Gasteiger partial charge in [0, 0.05) is 16.7 Å². The molecule has 1 radical (unpaired) electrons. The fourth-order valence-electron chi connectivity index (χ4n) is 2.64. The zero-order valence-corrected chi connectivity index (χ0v) is 29.9. The number of ketones is 3. The summed E-state index contributed by atoms with van der Waals surface area (Å²) < 4.78 is 14.0. The topological polar surface area (TPSA) is 250 Å². The molecule has 0 aliphatic heterocycles. The van der Waals surface area contributed by atoms with Crippen molar-refractivity contribution in [2.75, 3.05) is 19.8 Å². The van der Waals surface area contributed by atoms with Gasteiger partial charge in [-0.1, -0.05) is 19.7 Å². The van der Waals surface area contributed by atoms with E-state index < -0.39 is 70.9 Å². The van der Waals surface area contributed by atoms with Gasteiger partial charge in [-0.3, -0.25) is 14.4 Å². The first-order valence-electron chi connectivity index (χ1n) is 13.2. The molecule has 0 fully saturated rings. The Labute approximate surface area is 299 Å². The monoisotopic (exact) mass is 781 g/mol. The van der Waals surface area contributed by atoms with Crippen LogP contribution in [-0.2, 0) is 57.4 Å². The van der Waals surface area contributed by atoms with Crippen molar-refractivity contribution in [2.45, 2.75) is 60.8 Å². The van der Waals surface area contributed by atoms with Gasteiger partial charge in [0.1, 0.15) is 17.3 Å². The fraction of sp³-hybridized carbons (Fsp3) is 0.500. The van der Waals surface area contributed by atoms with E-state index in [0.29, 0.717) is 0 Å². The number of aliphatic carboxylic acids is 3. The van der Waals surface area contributed by atoms with Crippen molar-refractivity contribution >= 4 is 53.2 Å². The van der Waals surface area contributed by atoms with Crippen molar-refractivity contribution in [2.24, 2.45) is 17.8 Å². The van der Waals surface area contributed by atoms with Crippen LogP contribution >= 0.6 is 0 Å². The average Bonchev–Trinajstić information content (AvgIpc) is 2.90. The number of ether oxygens (including phenoxy) is 3. The minimum absolute atomic E-state index is 0. The molecule has 0 aliphatic rings. The number of hydrogen-bond donors (Lipinski definition) is 0. The van der Waals surface area contributed by atoms with Gasteiger partial charge in [0.2, 0.25) is 0 Å². The molecule has 253 valence electrons. The summed E-state index contributed by atoms with van der Waals surface area (Å²) in [6.45, 7) is 17.5. The summed E-state index contributed by atoms with van der Waals surface area (Å²) >= 11 is 0. The number of hydrogen-bond acceptors (Lipinski definition) is 15. The van der Waals surface area contributed by atoms with E-state index in [2.05, 4.69) is 33.9 Å². The van der Waals surface area contributed by atoms with Gasteiger partial charge in [0.05, 0.1) is 55.5 Å². The van der Waals surface area contributed by atoms with Gasteiger partial charge in [-0.25, -0.2) is 14.4 Å². The van der Waals surface area contributed by atoms with Crippen LogP contribution in [0.25, 0.3) is 0 Å². The van der Waals surface area contributed by atoms with Crippen LogP contribution in [0, 0.1) is 58.6 Å². The standard InChI is InChI=1S/3C10H14O5.Nd/c3*1-6(2)10(14)15-5-4-8(7(3)11)9(12)13;/h3*8H,1,4-5H2,2-3H3,(H,12,13);/q;;;+3/p-3. The Balaban J connectivity index is -0.000000285. The molecule has 0 N–H and O–H groups in total. The third-order valence-electron chi connectivity index (χ3n) is 5.29. The van der Waals surface area contributed by atoms with Crippen molar-refractivity contribution in [3.8, 4) is 0 Å². The largest absolute Gasteiger partial charge is 3.00 e. The first kappa shape index (κ1) is 49.3. The number of esters is 3. The molecule has 3 unspecified atom stereocenters. The Morgan fingerprint density at radius 1 is 0.457 bits per heavy atom. The van der Waals surface area contributed by atoms with E-state index >= 15 is 0 Å². The summed E-state index contributed by atoms with van der Waals surface area (Å²) in [6, 6.07) is 0. The number of carboxylic acid groups (broad SMARTS) is 3. The van der Waals surface area contributed by atoms with Crippen LogP contribution in [0.4, 0.5) is 0 Å². The molecular weight excluding hydrogens is 745 g/mol. The van der Waals surface area contributed by atoms with Gasteiger partial charge in [-0.2, -0.15) is 0 Å². The van der Waals surface area contributed by atoms with Crippen molar-refractivity contribution in [1.29, 1.82) is 0 Å². The first-order chi connectivity index (χ1) is 20.6. The van der Waals surface area contributed by atoms with Gasteiger partial charge < -0.3 is 43.9 Å². The quantitative estimate of drug-likeness (QED) is 0.0654.